The number of benzene rings is 1. The van der Waals surface area contributed by atoms with Crippen LogP contribution in [0.25, 0.3) is 0 Å². The summed E-state index contributed by atoms with van der Waals surface area (Å²) >= 11 is 2.25. The summed E-state index contributed by atoms with van der Waals surface area (Å²) in [5.74, 6) is 0. The summed E-state index contributed by atoms with van der Waals surface area (Å²) < 4.78 is 1.18. The van der Waals surface area contributed by atoms with Crippen LogP contribution in [0.3, 0.4) is 0 Å². The molecule has 0 saturated carbocycles. The molecule has 3 nitrogen and oxygen atoms in total. The molecule has 0 aliphatic carbocycles. The Bertz CT molecular complexity index is 370. The van der Waals surface area contributed by atoms with Crippen LogP contribution in [-0.2, 0) is 6.54 Å². The molecule has 0 aliphatic rings. The number of hydrogen-bond acceptors (Lipinski definition) is 3. The maximum Gasteiger partial charge on any atom is 0.0877 e. The topological polar surface area (TPSA) is 50.8 Å². The minimum atomic E-state index is 0.291. The Hall–Kier alpha value is -1.11. The van der Waals surface area contributed by atoms with E-state index in [1.54, 1.807) is 0 Å². The van der Waals surface area contributed by atoms with Crippen LogP contribution in [0.15, 0.2) is 24.3 Å². The SMILES string of the molecule is N#CCN(CC#N)Cc1ccc(I)cc1. The molecule has 0 amide bonds. The summed E-state index contributed by atoms with van der Waals surface area (Å²) in [6.45, 7) is 1.23. The molecule has 0 heterocycles. The number of hydrogen-bond donors (Lipinski definition) is 0. The number of nitrogens with zero attached hydrogens (tertiary/aromatic N) is 3. The highest BCUT2D eigenvalue weighted by Crippen LogP contribution is 2.08. The van der Waals surface area contributed by atoms with Crippen LogP contribution >= 0.6 is 22.6 Å². The second-order valence-electron chi connectivity index (χ2n) is 3.09. The molecular formula is C11H10IN3. The summed E-state index contributed by atoms with van der Waals surface area (Å²) in [5, 5.41) is 17.2. The quantitative estimate of drug-likeness (QED) is 0.632. The first-order valence-electron chi connectivity index (χ1n) is 4.47. The van der Waals surface area contributed by atoms with Crippen LogP contribution in [0.4, 0.5) is 0 Å². The Morgan fingerprint density at radius 1 is 1.07 bits per heavy atom. The molecule has 4 heteroatoms. The van der Waals surface area contributed by atoms with E-state index >= 15 is 0 Å². The highest BCUT2D eigenvalue weighted by molar-refractivity contribution is 14.1. The van der Waals surface area contributed by atoms with Crippen LogP contribution in [-0.4, -0.2) is 18.0 Å². The van der Waals surface area contributed by atoms with Gasteiger partial charge in [-0.2, -0.15) is 10.5 Å². The van der Waals surface area contributed by atoms with E-state index in [0.717, 1.165) is 5.56 Å². The average Bonchev–Trinajstić information content (AvgIpc) is 2.22. The normalized spacial score (nSPS) is 9.60. The molecule has 1 aromatic carbocycles. The summed E-state index contributed by atoms with van der Waals surface area (Å²) in [6, 6.07) is 12.2. The largest absolute Gasteiger partial charge is 0.273 e. The average molecular weight is 311 g/mol. The van der Waals surface area contributed by atoms with Crippen LogP contribution in [0.5, 0.6) is 0 Å². The predicted octanol–water partition coefficient (Wildman–Crippen LogP) is 2.14. The lowest BCUT2D eigenvalue weighted by Gasteiger charge is -2.14. The smallest absolute Gasteiger partial charge is 0.0877 e. The molecule has 0 spiro atoms. The predicted molar refractivity (Wildman–Crippen MR) is 65.7 cm³/mol. The van der Waals surface area contributed by atoms with Crippen LogP contribution in [0.1, 0.15) is 5.56 Å². The van der Waals surface area contributed by atoms with Crippen molar-refractivity contribution in [3.05, 3.63) is 33.4 Å². The van der Waals surface area contributed by atoms with Crippen molar-refractivity contribution >= 4 is 22.6 Å². The number of nitriles is 2. The highest BCUT2D eigenvalue weighted by Gasteiger charge is 2.04. The van der Waals surface area contributed by atoms with Crippen molar-refractivity contribution in [2.45, 2.75) is 6.54 Å². The van der Waals surface area contributed by atoms with Gasteiger partial charge in [0.05, 0.1) is 25.2 Å². The molecule has 0 saturated heterocycles. The molecule has 1 aromatic rings. The molecular weight excluding hydrogens is 301 g/mol. The molecule has 0 unspecified atom stereocenters. The first-order chi connectivity index (χ1) is 7.26. The van der Waals surface area contributed by atoms with Gasteiger partial charge in [-0.15, -0.1) is 0 Å². The first-order valence-corrected chi connectivity index (χ1v) is 5.55. The maximum absolute atomic E-state index is 8.58. The standard InChI is InChI=1S/C11H10IN3/c12-11-3-1-10(2-4-11)9-15(7-5-13)8-6-14/h1-4H,7-9H2. The van der Waals surface area contributed by atoms with E-state index in [2.05, 4.69) is 34.7 Å². The van der Waals surface area contributed by atoms with Gasteiger partial charge in [0.1, 0.15) is 0 Å². The summed E-state index contributed by atoms with van der Waals surface area (Å²) in [6.07, 6.45) is 0. The van der Waals surface area contributed by atoms with Gasteiger partial charge in [-0.05, 0) is 40.3 Å². The van der Waals surface area contributed by atoms with Crippen molar-refractivity contribution in [2.24, 2.45) is 0 Å². The maximum atomic E-state index is 8.58. The lowest BCUT2D eigenvalue weighted by Crippen LogP contribution is -2.23. The third-order valence-corrected chi connectivity index (χ3v) is 2.63. The van der Waals surface area contributed by atoms with E-state index in [1.807, 2.05) is 29.2 Å². The molecule has 0 aliphatic heterocycles. The zero-order valence-corrected chi connectivity index (χ0v) is 10.3. The summed E-state index contributed by atoms with van der Waals surface area (Å²) in [4.78, 5) is 1.81. The molecule has 0 fully saturated rings. The van der Waals surface area contributed by atoms with E-state index in [1.165, 1.54) is 3.57 Å². The minimum Gasteiger partial charge on any atom is -0.273 e. The van der Waals surface area contributed by atoms with Crippen molar-refractivity contribution in [3.8, 4) is 12.1 Å². The van der Waals surface area contributed by atoms with Gasteiger partial charge in [0.25, 0.3) is 0 Å². The second-order valence-corrected chi connectivity index (χ2v) is 4.33. The van der Waals surface area contributed by atoms with Crippen molar-refractivity contribution in [1.29, 1.82) is 10.5 Å². The van der Waals surface area contributed by atoms with Gasteiger partial charge in [0.2, 0.25) is 0 Å². The van der Waals surface area contributed by atoms with Gasteiger partial charge in [0, 0.05) is 10.1 Å². The Kier molecular flexibility index (Phi) is 5.09. The molecule has 0 bridgehead atoms. The van der Waals surface area contributed by atoms with Crippen LogP contribution in [0.2, 0.25) is 0 Å². The van der Waals surface area contributed by atoms with Gasteiger partial charge in [-0.3, -0.25) is 4.90 Å². The number of rotatable bonds is 4. The third-order valence-electron chi connectivity index (χ3n) is 1.91. The van der Waals surface area contributed by atoms with E-state index < -0.39 is 0 Å². The van der Waals surface area contributed by atoms with Crippen molar-refractivity contribution < 1.29 is 0 Å². The van der Waals surface area contributed by atoms with E-state index in [0.29, 0.717) is 19.6 Å². The fourth-order valence-electron chi connectivity index (χ4n) is 1.22. The van der Waals surface area contributed by atoms with Crippen molar-refractivity contribution in [1.82, 2.24) is 4.90 Å². The molecule has 1 rings (SSSR count). The first kappa shape index (κ1) is 12.0. The monoisotopic (exact) mass is 311 g/mol. The Balaban J connectivity index is 2.62. The van der Waals surface area contributed by atoms with E-state index in [9.17, 15) is 0 Å². The highest BCUT2D eigenvalue weighted by atomic mass is 127. The molecule has 0 aromatic heterocycles. The fourth-order valence-corrected chi connectivity index (χ4v) is 1.58. The van der Waals surface area contributed by atoms with Gasteiger partial charge in [0.15, 0.2) is 0 Å². The van der Waals surface area contributed by atoms with Gasteiger partial charge >= 0.3 is 0 Å². The minimum absolute atomic E-state index is 0.291. The summed E-state index contributed by atoms with van der Waals surface area (Å²) in [7, 11) is 0. The molecule has 0 atom stereocenters. The third kappa shape index (κ3) is 4.28. The zero-order valence-electron chi connectivity index (χ0n) is 8.15. The summed E-state index contributed by atoms with van der Waals surface area (Å²) in [5.41, 5.74) is 1.13. The molecule has 76 valence electrons. The zero-order chi connectivity index (χ0) is 11.1. The van der Waals surface area contributed by atoms with Crippen LogP contribution < -0.4 is 0 Å². The Morgan fingerprint density at radius 3 is 2.07 bits per heavy atom. The molecule has 0 N–H and O–H groups in total. The lowest BCUT2D eigenvalue weighted by molar-refractivity contribution is 0.335. The van der Waals surface area contributed by atoms with Gasteiger partial charge in [-0.1, -0.05) is 12.1 Å². The fraction of sp³-hybridized carbons (Fsp3) is 0.273. The van der Waals surface area contributed by atoms with Crippen molar-refractivity contribution in [2.75, 3.05) is 13.1 Å². The molecule has 15 heavy (non-hydrogen) atoms. The van der Waals surface area contributed by atoms with Gasteiger partial charge in [-0.25, -0.2) is 0 Å². The second kappa shape index (κ2) is 6.39. The van der Waals surface area contributed by atoms with E-state index in [-0.39, 0.29) is 0 Å². The lowest BCUT2D eigenvalue weighted by atomic mass is 10.2. The number of halogens is 1. The van der Waals surface area contributed by atoms with Crippen molar-refractivity contribution in [3.63, 3.8) is 0 Å². The van der Waals surface area contributed by atoms with Gasteiger partial charge < -0.3 is 0 Å². The van der Waals surface area contributed by atoms with Crippen LogP contribution in [0, 0.1) is 26.2 Å². The van der Waals surface area contributed by atoms with E-state index in [4.69, 9.17) is 10.5 Å². The Morgan fingerprint density at radius 2 is 1.60 bits per heavy atom. The molecule has 0 radical (unpaired) electrons. The Labute approximate surface area is 103 Å².